The zero-order valence-electron chi connectivity index (χ0n) is 15.4. The third-order valence-corrected chi connectivity index (χ3v) is 4.66. The minimum absolute atomic E-state index is 0.0392. The molecule has 0 bridgehead atoms. The molecule has 1 aliphatic heterocycles. The number of fused-ring (bicyclic) bond motifs is 1. The molecule has 1 amide bonds. The van der Waals surface area contributed by atoms with Gasteiger partial charge in [0.1, 0.15) is 11.5 Å². The van der Waals surface area contributed by atoms with Crippen molar-refractivity contribution in [2.24, 2.45) is 0 Å². The summed E-state index contributed by atoms with van der Waals surface area (Å²) >= 11 is 0. The molecule has 0 spiro atoms. The van der Waals surface area contributed by atoms with Crippen LogP contribution in [0.25, 0.3) is 0 Å². The number of methoxy groups -OCH3 is 1. The second kappa shape index (κ2) is 8.10. The molecule has 6 nitrogen and oxygen atoms in total. The fraction of sp³-hybridized carbons (Fsp3) is 0.182. The van der Waals surface area contributed by atoms with E-state index in [0.717, 1.165) is 22.4 Å². The lowest BCUT2D eigenvalue weighted by Crippen LogP contribution is -2.36. The van der Waals surface area contributed by atoms with Gasteiger partial charge in [0, 0.05) is 18.0 Å². The average Bonchev–Trinajstić information content (AvgIpc) is 2.77. The number of hydrogen-bond acceptors (Lipinski definition) is 5. The molecule has 142 valence electrons. The summed E-state index contributed by atoms with van der Waals surface area (Å²) in [5, 5.41) is 3.11. The largest absolute Gasteiger partial charge is 0.497 e. The van der Waals surface area contributed by atoms with Gasteiger partial charge < -0.3 is 19.5 Å². The normalized spacial score (nSPS) is 16.4. The Bertz CT molecular complexity index is 944. The SMILES string of the molecule is COc1ccc([C@H](NC(=O)[C@@H]2OCOc3ccccc32)c2ccncc2)cc1. The Kier molecular flexibility index (Phi) is 5.21. The molecule has 0 saturated carbocycles. The number of para-hydroxylation sites is 1. The van der Waals surface area contributed by atoms with Crippen molar-refractivity contribution in [3.63, 3.8) is 0 Å². The highest BCUT2D eigenvalue weighted by Gasteiger charge is 2.30. The smallest absolute Gasteiger partial charge is 0.254 e. The van der Waals surface area contributed by atoms with Crippen molar-refractivity contribution in [2.75, 3.05) is 13.9 Å². The van der Waals surface area contributed by atoms with Crippen LogP contribution in [-0.2, 0) is 9.53 Å². The molecule has 0 unspecified atom stereocenters. The number of carbonyl (C=O) groups is 1. The topological polar surface area (TPSA) is 69.7 Å². The summed E-state index contributed by atoms with van der Waals surface area (Å²) in [5.41, 5.74) is 2.57. The summed E-state index contributed by atoms with van der Waals surface area (Å²) in [5.74, 6) is 1.19. The van der Waals surface area contributed by atoms with Gasteiger partial charge in [-0.2, -0.15) is 0 Å². The Morgan fingerprint density at radius 1 is 1.07 bits per heavy atom. The second-order valence-electron chi connectivity index (χ2n) is 6.34. The number of benzene rings is 2. The lowest BCUT2D eigenvalue weighted by atomic mass is 9.98. The molecule has 0 saturated heterocycles. The van der Waals surface area contributed by atoms with Crippen LogP contribution < -0.4 is 14.8 Å². The first-order chi connectivity index (χ1) is 13.8. The summed E-state index contributed by atoms with van der Waals surface area (Å²) in [6.45, 7) is 0.0392. The fourth-order valence-corrected chi connectivity index (χ4v) is 3.23. The highest BCUT2D eigenvalue weighted by atomic mass is 16.7. The highest BCUT2D eigenvalue weighted by molar-refractivity contribution is 5.84. The van der Waals surface area contributed by atoms with Gasteiger partial charge in [0.05, 0.1) is 13.2 Å². The molecule has 4 rings (SSSR count). The molecular formula is C22H20N2O4. The van der Waals surface area contributed by atoms with Crippen molar-refractivity contribution in [3.05, 3.63) is 89.7 Å². The van der Waals surface area contributed by atoms with E-state index in [1.54, 1.807) is 19.5 Å². The molecule has 1 aromatic heterocycles. The van der Waals surface area contributed by atoms with Crippen molar-refractivity contribution in [1.82, 2.24) is 10.3 Å². The molecule has 0 aliphatic carbocycles. The number of rotatable bonds is 5. The second-order valence-corrected chi connectivity index (χ2v) is 6.34. The minimum atomic E-state index is -0.729. The van der Waals surface area contributed by atoms with E-state index < -0.39 is 6.10 Å². The molecule has 28 heavy (non-hydrogen) atoms. The predicted molar refractivity (Wildman–Crippen MR) is 103 cm³/mol. The first kappa shape index (κ1) is 18.0. The number of carbonyl (C=O) groups excluding carboxylic acids is 1. The Hall–Kier alpha value is -3.38. The van der Waals surface area contributed by atoms with Crippen LogP contribution in [-0.4, -0.2) is 24.8 Å². The van der Waals surface area contributed by atoms with E-state index in [0.29, 0.717) is 5.75 Å². The number of nitrogens with one attached hydrogen (secondary N) is 1. The number of amides is 1. The van der Waals surface area contributed by atoms with Gasteiger partial charge in [-0.1, -0.05) is 30.3 Å². The van der Waals surface area contributed by atoms with Crippen LogP contribution in [0.15, 0.2) is 73.1 Å². The Morgan fingerprint density at radius 3 is 2.54 bits per heavy atom. The first-order valence-electron chi connectivity index (χ1n) is 8.94. The Morgan fingerprint density at radius 2 is 1.79 bits per heavy atom. The van der Waals surface area contributed by atoms with E-state index in [1.165, 1.54) is 0 Å². The number of nitrogens with zero attached hydrogens (tertiary/aromatic N) is 1. The summed E-state index contributed by atoms with van der Waals surface area (Å²) in [6.07, 6.45) is 2.68. The molecule has 2 aromatic carbocycles. The van der Waals surface area contributed by atoms with Crippen molar-refractivity contribution >= 4 is 5.91 Å². The van der Waals surface area contributed by atoms with Gasteiger partial charge in [-0.25, -0.2) is 0 Å². The molecule has 6 heteroatoms. The Balaban J connectivity index is 1.63. The number of ether oxygens (including phenoxy) is 3. The zero-order valence-corrected chi connectivity index (χ0v) is 15.4. The van der Waals surface area contributed by atoms with E-state index in [2.05, 4.69) is 10.3 Å². The van der Waals surface area contributed by atoms with E-state index in [-0.39, 0.29) is 18.7 Å². The molecule has 0 fully saturated rings. The fourth-order valence-electron chi connectivity index (χ4n) is 3.23. The van der Waals surface area contributed by atoms with Crippen LogP contribution in [0.3, 0.4) is 0 Å². The van der Waals surface area contributed by atoms with Crippen LogP contribution in [0.5, 0.6) is 11.5 Å². The van der Waals surface area contributed by atoms with Crippen LogP contribution in [0.4, 0.5) is 0 Å². The van der Waals surface area contributed by atoms with Gasteiger partial charge in [0.15, 0.2) is 12.9 Å². The van der Waals surface area contributed by atoms with Gasteiger partial charge in [0.25, 0.3) is 5.91 Å². The van der Waals surface area contributed by atoms with E-state index in [9.17, 15) is 4.79 Å². The van der Waals surface area contributed by atoms with Crippen molar-refractivity contribution in [2.45, 2.75) is 12.1 Å². The monoisotopic (exact) mass is 376 g/mol. The van der Waals surface area contributed by atoms with Crippen molar-refractivity contribution in [1.29, 1.82) is 0 Å². The molecule has 2 atom stereocenters. The number of hydrogen-bond donors (Lipinski definition) is 1. The van der Waals surface area contributed by atoms with E-state index >= 15 is 0 Å². The lowest BCUT2D eigenvalue weighted by molar-refractivity contribution is -0.142. The maximum atomic E-state index is 13.1. The van der Waals surface area contributed by atoms with Crippen LogP contribution in [0.2, 0.25) is 0 Å². The molecule has 1 aliphatic rings. The molecule has 0 radical (unpaired) electrons. The molecule has 3 aromatic rings. The average molecular weight is 376 g/mol. The highest BCUT2D eigenvalue weighted by Crippen LogP contribution is 2.33. The van der Waals surface area contributed by atoms with Gasteiger partial charge >= 0.3 is 0 Å². The first-order valence-corrected chi connectivity index (χ1v) is 8.94. The third-order valence-electron chi connectivity index (χ3n) is 4.66. The van der Waals surface area contributed by atoms with Gasteiger partial charge in [-0.3, -0.25) is 9.78 Å². The van der Waals surface area contributed by atoms with E-state index in [1.807, 2.05) is 60.7 Å². The maximum absolute atomic E-state index is 13.1. The zero-order chi connectivity index (χ0) is 19.3. The molecular weight excluding hydrogens is 356 g/mol. The van der Waals surface area contributed by atoms with Crippen LogP contribution >= 0.6 is 0 Å². The van der Waals surface area contributed by atoms with Crippen LogP contribution in [0.1, 0.15) is 28.8 Å². The third kappa shape index (κ3) is 3.68. The minimum Gasteiger partial charge on any atom is -0.497 e. The standard InChI is InChI=1S/C22H20N2O4/c1-26-17-8-6-15(7-9-17)20(16-10-12-23-13-11-16)24-22(25)21-18-4-2-3-5-19(18)27-14-28-21/h2-13,20-21H,14H2,1H3,(H,24,25)/t20-,21+/m0/s1. The van der Waals surface area contributed by atoms with E-state index in [4.69, 9.17) is 14.2 Å². The maximum Gasteiger partial charge on any atom is 0.254 e. The summed E-state index contributed by atoms with van der Waals surface area (Å²) < 4.78 is 16.3. The number of aromatic nitrogens is 1. The van der Waals surface area contributed by atoms with Gasteiger partial charge in [-0.05, 0) is 41.5 Å². The quantitative estimate of drug-likeness (QED) is 0.739. The Labute approximate surface area is 163 Å². The van der Waals surface area contributed by atoms with Gasteiger partial charge in [-0.15, -0.1) is 0 Å². The van der Waals surface area contributed by atoms with Crippen LogP contribution in [0, 0.1) is 0 Å². The van der Waals surface area contributed by atoms with Crippen molar-refractivity contribution in [3.8, 4) is 11.5 Å². The number of pyridine rings is 1. The van der Waals surface area contributed by atoms with Crippen molar-refractivity contribution < 1.29 is 19.0 Å². The summed E-state index contributed by atoms with van der Waals surface area (Å²) in [6, 6.07) is 18.4. The van der Waals surface area contributed by atoms with Gasteiger partial charge in [0.2, 0.25) is 0 Å². The molecule has 2 heterocycles. The molecule has 1 N–H and O–H groups in total. The summed E-state index contributed by atoms with van der Waals surface area (Å²) in [4.78, 5) is 17.2. The lowest BCUT2D eigenvalue weighted by Gasteiger charge is -2.28. The predicted octanol–water partition coefficient (Wildman–Crippen LogP) is 3.40. The summed E-state index contributed by atoms with van der Waals surface area (Å²) in [7, 11) is 1.62.